The van der Waals surface area contributed by atoms with Crippen LogP contribution < -0.4 is 4.74 Å². The van der Waals surface area contributed by atoms with E-state index in [4.69, 9.17) is 4.74 Å². The Labute approximate surface area is 95.1 Å². The molecule has 1 N–H and O–H groups in total. The molecule has 1 saturated carbocycles. The molecule has 0 aliphatic heterocycles. The summed E-state index contributed by atoms with van der Waals surface area (Å²) in [7, 11) is 0. The fourth-order valence-corrected chi connectivity index (χ4v) is 1.62. The Balaban J connectivity index is 1.97. The van der Waals surface area contributed by atoms with Gasteiger partial charge in [-0.05, 0) is 49.8 Å². The van der Waals surface area contributed by atoms with Gasteiger partial charge in [0.05, 0.1) is 12.7 Å². The molecular formula is C13H17FO2. The van der Waals surface area contributed by atoms with E-state index < -0.39 is 6.10 Å². The van der Waals surface area contributed by atoms with Crippen LogP contribution in [0.3, 0.4) is 0 Å². The highest BCUT2D eigenvalue weighted by molar-refractivity contribution is 5.29. The van der Waals surface area contributed by atoms with Gasteiger partial charge in [-0.15, -0.1) is 0 Å². The van der Waals surface area contributed by atoms with Gasteiger partial charge in [0.2, 0.25) is 0 Å². The summed E-state index contributed by atoms with van der Waals surface area (Å²) in [4.78, 5) is 0. The van der Waals surface area contributed by atoms with Crippen molar-refractivity contribution in [2.75, 3.05) is 6.61 Å². The number of benzene rings is 1. The van der Waals surface area contributed by atoms with Crippen LogP contribution in [0.2, 0.25) is 0 Å². The number of hydrogen-bond acceptors (Lipinski definition) is 2. The summed E-state index contributed by atoms with van der Waals surface area (Å²) in [6.07, 6.45) is 2.42. The summed E-state index contributed by atoms with van der Waals surface area (Å²) in [6, 6.07) is 4.89. The zero-order valence-electron chi connectivity index (χ0n) is 9.45. The second-order valence-corrected chi connectivity index (χ2v) is 4.57. The van der Waals surface area contributed by atoms with Gasteiger partial charge in [0.25, 0.3) is 0 Å². The van der Waals surface area contributed by atoms with Gasteiger partial charge in [-0.1, -0.05) is 6.07 Å². The van der Waals surface area contributed by atoms with Gasteiger partial charge in [0.1, 0.15) is 0 Å². The van der Waals surface area contributed by atoms with Crippen LogP contribution in [-0.2, 0) is 6.42 Å². The van der Waals surface area contributed by atoms with Crippen LogP contribution in [0.5, 0.6) is 5.75 Å². The fourth-order valence-electron chi connectivity index (χ4n) is 1.62. The maximum absolute atomic E-state index is 13.6. The minimum absolute atomic E-state index is 0.321. The number of aliphatic hydroxyl groups excluding tert-OH is 1. The Morgan fingerprint density at radius 2 is 2.25 bits per heavy atom. The maximum Gasteiger partial charge on any atom is 0.165 e. The fraction of sp³-hybridized carbons (Fsp3) is 0.538. The van der Waals surface area contributed by atoms with Crippen LogP contribution in [-0.4, -0.2) is 17.8 Å². The summed E-state index contributed by atoms with van der Waals surface area (Å²) >= 11 is 0. The van der Waals surface area contributed by atoms with E-state index in [0.717, 1.165) is 5.56 Å². The van der Waals surface area contributed by atoms with E-state index in [1.807, 2.05) is 0 Å². The molecule has 1 aliphatic carbocycles. The van der Waals surface area contributed by atoms with Crippen LogP contribution >= 0.6 is 0 Å². The number of ether oxygens (including phenoxy) is 1. The second-order valence-electron chi connectivity index (χ2n) is 4.57. The Bertz CT molecular complexity index is 359. The third-order valence-electron chi connectivity index (χ3n) is 2.70. The summed E-state index contributed by atoms with van der Waals surface area (Å²) in [5.74, 6) is 0.608. The van der Waals surface area contributed by atoms with Crippen molar-refractivity contribution in [2.45, 2.75) is 32.3 Å². The van der Waals surface area contributed by atoms with Gasteiger partial charge >= 0.3 is 0 Å². The van der Waals surface area contributed by atoms with Crippen LogP contribution in [0.25, 0.3) is 0 Å². The zero-order valence-corrected chi connectivity index (χ0v) is 9.45. The first-order valence-corrected chi connectivity index (χ1v) is 5.74. The van der Waals surface area contributed by atoms with E-state index in [0.29, 0.717) is 24.7 Å². The molecule has 0 saturated heterocycles. The minimum Gasteiger partial charge on any atom is -0.490 e. The Morgan fingerprint density at radius 1 is 1.50 bits per heavy atom. The molecule has 2 rings (SSSR count). The predicted molar refractivity (Wildman–Crippen MR) is 60.0 cm³/mol. The van der Waals surface area contributed by atoms with Crippen molar-refractivity contribution in [3.63, 3.8) is 0 Å². The van der Waals surface area contributed by atoms with Gasteiger partial charge in [0, 0.05) is 0 Å². The third kappa shape index (κ3) is 3.20. The molecule has 1 aromatic rings. The lowest BCUT2D eigenvalue weighted by Crippen LogP contribution is -2.05. The van der Waals surface area contributed by atoms with Crippen LogP contribution in [0.1, 0.15) is 25.3 Å². The molecule has 88 valence electrons. The van der Waals surface area contributed by atoms with E-state index in [9.17, 15) is 9.50 Å². The van der Waals surface area contributed by atoms with Crippen molar-refractivity contribution >= 4 is 0 Å². The topological polar surface area (TPSA) is 29.5 Å². The summed E-state index contributed by atoms with van der Waals surface area (Å²) in [5.41, 5.74) is 0.797. The largest absolute Gasteiger partial charge is 0.490 e. The van der Waals surface area contributed by atoms with E-state index in [-0.39, 0.29) is 5.82 Å². The standard InChI is InChI=1S/C13H17FO2/c1-9(15)6-11-4-5-13(12(14)7-11)16-8-10-2-3-10/h4-5,7,9-10,15H,2-3,6,8H2,1H3. The van der Waals surface area contributed by atoms with E-state index in [2.05, 4.69) is 0 Å². The molecule has 1 aliphatic rings. The lowest BCUT2D eigenvalue weighted by atomic mass is 10.1. The van der Waals surface area contributed by atoms with Gasteiger partial charge < -0.3 is 9.84 Å². The average Bonchev–Trinajstić information content (AvgIpc) is 2.99. The van der Waals surface area contributed by atoms with Gasteiger partial charge in [0.15, 0.2) is 11.6 Å². The highest BCUT2D eigenvalue weighted by atomic mass is 19.1. The normalized spacial score (nSPS) is 17.2. The second kappa shape index (κ2) is 4.83. The third-order valence-corrected chi connectivity index (χ3v) is 2.70. The number of halogens is 1. The van der Waals surface area contributed by atoms with Gasteiger partial charge in [-0.2, -0.15) is 0 Å². The molecule has 2 nitrogen and oxygen atoms in total. The summed E-state index contributed by atoms with van der Waals surface area (Å²) < 4.78 is 18.9. The minimum atomic E-state index is -0.447. The average molecular weight is 224 g/mol. The van der Waals surface area contributed by atoms with Gasteiger partial charge in [-0.3, -0.25) is 0 Å². The van der Waals surface area contributed by atoms with E-state index >= 15 is 0 Å². The molecule has 1 atom stereocenters. The lowest BCUT2D eigenvalue weighted by molar-refractivity contribution is 0.195. The van der Waals surface area contributed by atoms with Crippen molar-refractivity contribution in [1.82, 2.24) is 0 Å². The molecule has 1 aromatic carbocycles. The van der Waals surface area contributed by atoms with Crippen LogP contribution in [0.15, 0.2) is 18.2 Å². The quantitative estimate of drug-likeness (QED) is 0.832. The van der Waals surface area contributed by atoms with Crippen molar-refractivity contribution in [2.24, 2.45) is 5.92 Å². The lowest BCUT2D eigenvalue weighted by Gasteiger charge is -2.09. The molecule has 0 radical (unpaired) electrons. The molecule has 0 spiro atoms. The molecule has 3 heteroatoms. The predicted octanol–water partition coefficient (Wildman–Crippen LogP) is 2.54. The first-order valence-electron chi connectivity index (χ1n) is 5.74. The number of hydrogen-bond donors (Lipinski definition) is 1. The molecule has 1 unspecified atom stereocenters. The first-order chi connectivity index (χ1) is 7.65. The molecule has 0 heterocycles. The molecule has 16 heavy (non-hydrogen) atoms. The Morgan fingerprint density at radius 3 is 2.81 bits per heavy atom. The Kier molecular flexibility index (Phi) is 3.44. The smallest absolute Gasteiger partial charge is 0.165 e. The van der Waals surface area contributed by atoms with E-state index in [1.165, 1.54) is 18.9 Å². The first kappa shape index (κ1) is 11.4. The molecule has 1 fully saturated rings. The Hall–Kier alpha value is -1.09. The molecule has 0 amide bonds. The van der Waals surface area contributed by atoms with Crippen molar-refractivity contribution in [3.05, 3.63) is 29.6 Å². The highest BCUT2D eigenvalue weighted by Gasteiger charge is 2.22. The number of rotatable bonds is 5. The monoisotopic (exact) mass is 224 g/mol. The SMILES string of the molecule is CC(O)Cc1ccc(OCC2CC2)c(F)c1. The van der Waals surface area contributed by atoms with Crippen molar-refractivity contribution < 1.29 is 14.2 Å². The maximum atomic E-state index is 13.6. The van der Waals surface area contributed by atoms with Crippen molar-refractivity contribution in [1.29, 1.82) is 0 Å². The van der Waals surface area contributed by atoms with Crippen LogP contribution in [0, 0.1) is 11.7 Å². The van der Waals surface area contributed by atoms with Crippen LogP contribution in [0.4, 0.5) is 4.39 Å². The zero-order chi connectivity index (χ0) is 11.5. The molecule has 0 bridgehead atoms. The molecular weight excluding hydrogens is 207 g/mol. The number of aliphatic hydroxyl groups is 1. The molecule has 0 aromatic heterocycles. The van der Waals surface area contributed by atoms with Gasteiger partial charge in [-0.25, -0.2) is 4.39 Å². The summed E-state index contributed by atoms with van der Waals surface area (Å²) in [5, 5.41) is 9.20. The van der Waals surface area contributed by atoms with E-state index in [1.54, 1.807) is 19.1 Å². The van der Waals surface area contributed by atoms with Crippen molar-refractivity contribution in [3.8, 4) is 5.75 Å². The highest BCUT2D eigenvalue weighted by Crippen LogP contribution is 2.30. The summed E-state index contributed by atoms with van der Waals surface area (Å²) in [6.45, 7) is 2.31.